The largest absolute Gasteiger partial charge is 0.299 e. The molecule has 1 heterocycles. The Morgan fingerprint density at radius 2 is 1.58 bits per heavy atom. The zero-order valence-electron chi connectivity index (χ0n) is 11.3. The van der Waals surface area contributed by atoms with Crippen molar-refractivity contribution in [1.82, 2.24) is 4.98 Å². The number of ketones is 1. The third kappa shape index (κ3) is 2.01. The van der Waals surface area contributed by atoms with E-state index in [9.17, 15) is 4.79 Å². The highest BCUT2D eigenvalue weighted by Gasteiger charge is 2.50. The molecule has 1 aromatic rings. The second kappa shape index (κ2) is 4.43. The van der Waals surface area contributed by atoms with Crippen molar-refractivity contribution >= 4 is 5.78 Å². The molecule has 19 heavy (non-hydrogen) atoms. The number of aromatic nitrogens is 1. The molecule has 4 aliphatic carbocycles. The van der Waals surface area contributed by atoms with Gasteiger partial charge in [0.2, 0.25) is 0 Å². The van der Waals surface area contributed by atoms with Crippen LogP contribution in [0.1, 0.15) is 37.7 Å². The van der Waals surface area contributed by atoms with Gasteiger partial charge in [0.1, 0.15) is 5.78 Å². The molecule has 2 heteroatoms. The Balaban J connectivity index is 1.51. The summed E-state index contributed by atoms with van der Waals surface area (Å²) >= 11 is 0. The van der Waals surface area contributed by atoms with Crippen LogP contribution in [-0.4, -0.2) is 10.8 Å². The van der Waals surface area contributed by atoms with Crippen molar-refractivity contribution in [3.63, 3.8) is 0 Å². The molecule has 0 atom stereocenters. The van der Waals surface area contributed by atoms with Crippen LogP contribution in [0.4, 0.5) is 0 Å². The minimum Gasteiger partial charge on any atom is -0.299 e. The van der Waals surface area contributed by atoms with Gasteiger partial charge in [-0.2, -0.15) is 0 Å². The number of carbonyl (C=O) groups is 1. The fourth-order valence-electron chi connectivity index (χ4n) is 5.27. The van der Waals surface area contributed by atoms with Gasteiger partial charge in [-0.15, -0.1) is 0 Å². The van der Waals surface area contributed by atoms with Gasteiger partial charge in [-0.05, 0) is 73.5 Å². The summed E-state index contributed by atoms with van der Waals surface area (Å²) in [6.07, 6.45) is 11.0. The third-order valence-corrected chi connectivity index (χ3v) is 5.73. The average molecular weight is 255 g/mol. The number of carbonyl (C=O) groups excluding carboxylic acids is 1. The van der Waals surface area contributed by atoms with Crippen LogP contribution >= 0.6 is 0 Å². The fourth-order valence-corrected chi connectivity index (χ4v) is 5.27. The van der Waals surface area contributed by atoms with Crippen LogP contribution < -0.4 is 0 Å². The SMILES string of the molecule is O=C(Cc1ccncc1)C1C2CC3CC(C2)CC1C3. The molecule has 0 N–H and O–H groups in total. The molecule has 0 amide bonds. The molecule has 5 rings (SSSR count). The monoisotopic (exact) mass is 255 g/mol. The number of Topliss-reactive ketones (excluding diaryl/α,β-unsaturated/α-hetero) is 1. The van der Waals surface area contributed by atoms with E-state index in [-0.39, 0.29) is 0 Å². The lowest BCUT2D eigenvalue weighted by atomic mass is 9.51. The molecule has 1 aromatic heterocycles. The molecule has 0 saturated heterocycles. The maximum absolute atomic E-state index is 12.7. The van der Waals surface area contributed by atoms with Gasteiger partial charge in [-0.3, -0.25) is 9.78 Å². The minimum absolute atomic E-state index is 0.376. The summed E-state index contributed by atoms with van der Waals surface area (Å²) < 4.78 is 0. The average Bonchev–Trinajstić information content (AvgIpc) is 2.38. The summed E-state index contributed by atoms with van der Waals surface area (Å²) in [6, 6.07) is 3.96. The summed E-state index contributed by atoms with van der Waals surface area (Å²) in [5.74, 6) is 4.21. The maximum atomic E-state index is 12.7. The number of hydrogen-bond donors (Lipinski definition) is 0. The van der Waals surface area contributed by atoms with E-state index in [1.54, 1.807) is 12.4 Å². The molecule has 4 fully saturated rings. The van der Waals surface area contributed by atoms with Crippen LogP contribution in [0.5, 0.6) is 0 Å². The van der Waals surface area contributed by atoms with Gasteiger partial charge in [0.05, 0.1) is 0 Å². The number of pyridine rings is 1. The topological polar surface area (TPSA) is 30.0 Å². The highest BCUT2D eigenvalue weighted by molar-refractivity contribution is 5.84. The molecular formula is C17H21NO. The first-order chi connectivity index (χ1) is 9.29. The molecular weight excluding hydrogens is 234 g/mol. The normalized spacial score (nSPS) is 39.5. The van der Waals surface area contributed by atoms with E-state index in [1.807, 2.05) is 12.1 Å². The van der Waals surface area contributed by atoms with Crippen molar-refractivity contribution in [2.24, 2.45) is 29.6 Å². The zero-order valence-corrected chi connectivity index (χ0v) is 11.3. The van der Waals surface area contributed by atoms with Gasteiger partial charge < -0.3 is 0 Å². The van der Waals surface area contributed by atoms with E-state index < -0.39 is 0 Å². The predicted octanol–water partition coefficient (Wildman–Crippen LogP) is 3.27. The minimum atomic E-state index is 0.376. The predicted molar refractivity (Wildman–Crippen MR) is 73.5 cm³/mol. The lowest BCUT2D eigenvalue weighted by molar-refractivity contribution is -0.135. The lowest BCUT2D eigenvalue weighted by Crippen LogP contribution is -2.48. The van der Waals surface area contributed by atoms with Crippen LogP contribution in [0.15, 0.2) is 24.5 Å². The Bertz CT molecular complexity index is 453. The van der Waals surface area contributed by atoms with Crippen LogP contribution in [0, 0.1) is 29.6 Å². The van der Waals surface area contributed by atoms with Crippen molar-refractivity contribution in [2.75, 3.05) is 0 Å². The Hall–Kier alpha value is -1.18. The van der Waals surface area contributed by atoms with Crippen molar-refractivity contribution in [2.45, 2.75) is 38.5 Å². The zero-order chi connectivity index (χ0) is 12.8. The second-order valence-electron chi connectivity index (χ2n) is 6.96. The molecule has 0 aliphatic heterocycles. The lowest BCUT2D eigenvalue weighted by Gasteiger charge is -2.53. The highest BCUT2D eigenvalue weighted by atomic mass is 16.1. The molecule has 0 aromatic carbocycles. The van der Waals surface area contributed by atoms with E-state index in [0.29, 0.717) is 30.0 Å². The highest BCUT2D eigenvalue weighted by Crippen LogP contribution is 2.56. The molecule has 4 saturated carbocycles. The van der Waals surface area contributed by atoms with Gasteiger partial charge in [0, 0.05) is 24.7 Å². The van der Waals surface area contributed by atoms with E-state index in [2.05, 4.69) is 4.98 Å². The quantitative estimate of drug-likeness (QED) is 0.829. The Labute approximate surface area is 114 Å². The Morgan fingerprint density at radius 3 is 2.16 bits per heavy atom. The Morgan fingerprint density at radius 1 is 1.00 bits per heavy atom. The molecule has 4 bridgehead atoms. The smallest absolute Gasteiger partial charge is 0.140 e. The maximum Gasteiger partial charge on any atom is 0.140 e. The van der Waals surface area contributed by atoms with Crippen LogP contribution in [0.2, 0.25) is 0 Å². The fraction of sp³-hybridized carbons (Fsp3) is 0.647. The van der Waals surface area contributed by atoms with E-state index in [4.69, 9.17) is 0 Å². The van der Waals surface area contributed by atoms with Crippen LogP contribution in [-0.2, 0) is 11.2 Å². The van der Waals surface area contributed by atoms with E-state index in [1.165, 1.54) is 32.1 Å². The van der Waals surface area contributed by atoms with Gasteiger partial charge >= 0.3 is 0 Å². The third-order valence-electron chi connectivity index (χ3n) is 5.73. The van der Waals surface area contributed by atoms with E-state index in [0.717, 1.165) is 17.4 Å². The summed E-state index contributed by atoms with van der Waals surface area (Å²) in [6.45, 7) is 0. The van der Waals surface area contributed by atoms with Gasteiger partial charge in [-0.25, -0.2) is 0 Å². The summed E-state index contributed by atoms with van der Waals surface area (Å²) in [7, 11) is 0. The molecule has 0 radical (unpaired) electrons. The second-order valence-corrected chi connectivity index (χ2v) is 6.96. The standard InChI is InChI=1S/C17H21NO/c19-16(10-11-1-3-18-4-2-11)17-14-6-12-5-13(8-14)9-15(17)7-12/h1-4,12-15,17H,5-10H2. The van der Waals surface area contributed by atoms with Crippen LogP contribution in [0.25, 0.3) is 0 Å². The number of rotatable bonds is 3. The first-order valence-electron chi connectivity index (χ1n) is 7.71. The van der Waals surface area contributed by atoms with Crippen molar-refractivity contribution in [1.29, 1.82) is 0 Å². The van der Waals surface area contributed by atoms with Crippen molar-refractivity contribution in [3.8, 4) is 0 Å². The molecule has 2 nitrogen and oxygen atoms in total. The van der Waals surface area contributed by atoms with Crippen molar-refractivity contribution < 1.29 is 4.79 Å². The summed E-state index contributed by atoms with van der Waals surface area (Å²) in [4.78, 5) is 16.7. The van der Waals surface area contributed by atoms with Crippen LogP contribution in [0.3, 0.4) is 0 Å². The number of nitrogens with zero attached hydrogens (tertiary/aromatic N) is 1. The molecule has 0 unspecified atom stereocenters. The summed E-state index contributed by atoms with van der Waals surface area (Å²) in [5.41, 5.74) is 1.13. The molecule has 0 spiro atoms. The molecule has 4 aliphatic rings. The molecule has 100 valence electrons. The number of hydrogen-bond acceptors (Lipinski definition) is 2. The van der Waals surface area contributed by atoms with Crippen molar-refractivity contribution in [3.05, 3.63) is 30.1 Å². The van der Waals surface area contributed by atoms with E-state index >= 15 is 0 Å². The first kappa shape index (κ1) is 11.6. The first-order valence-corrected chi connectivity index (χ1v) is 7.71. The Kier molecular flexibility index (Phi) is 2.71. The summed E-state index contributed by atoms with van der Waals surface area (Å²) in [5, 5.41) is 0. The van der Waals surface area contributed by atoms with Gasteiger partial charge in [0.25, 0.3) is 0 Å². The van der Waals surface area contributed by atoms with Gasteiger partial charge in [0.15, 0.2) is 0 Å². The van der Waals surface area contributed by atoms with Gasteiger partial charge in [-0.1, -0.05) is 0 Å².